The van der Waals surface area contributed by atoms with E-state index >= 15 is 0 Å². The summed E-state index contributed by atoms with van der Waals surface area (Å²) in [5, 5.41) is 8.98. The molecule has 8 nitrogen and oxygen atoms in total. The molecule has 1 aliphatic heterocycles. The van der Waals surface area contributed by atoms with E-state index < -0.39 is 12.5 Å². The first kappa shape index (κ1) is 25.6. The Morgan fingerprint density at radius 1 is 1.16 bits per heavy atom. The van der Waals surface area contributed by atoms with Crippen LogP contribution in [0.25, 0.3) is 0 Å². The molecule has 0 N–H and O–H groups in total. The highest BCUT2D eigenvalue weighted by molar-refractivity contribution is 5.70. The van der Waals surface area contributed by atoms with Gasteiger partial charge >= 0.3 is 12.5 Å². The molecule has 2 unspecified atom stereocenters. The van der Waals surface area contributed by atoms with E-state index in [-0.39, 0.29) is 24.1 Å². The topological polar surface area (TPSA) is 83.6 Å². The molecule has 1 amide bonds. The van der Waals surface area contributed by atoms with E-state index in [1.807, 2.05) is 24.3 Å². The first-order valence-electron chi connectivity index (χ1n) is 12.2. The highest BCUT2D eigenvalue weighted by Gasteiger charge is 2.56. The molecule has 198 valence electrons. The van der Waals surface area contributed by atoms with Crippen LogP contribution in [-0.4, -0.2) is 51.4 Å². The third-order valence-electron chi connectivity index (χ3n) is 7.00. The van der Waals surface area contributed by atoms with Crippen LogP contribution < -0.4 is 9.47 Å². The number of nitrogens with zero attached hydrogens (tertiary/aromatic N) is 5. The number of benzene rings is 2. The number of aryl methyl sites for hydroxylation is 1. The van der Waals surface area contributed by atoms with Crippen molar-refractivity contribution < 1.29 is 27.4 Å². The number of alkyl halides is 3. The average Bonchev–Trinajstić information content (AvgIpc) is 3.16. The zero-order chi connectivity index (χ0) is 26.9. The van der Waals surface area contributed by atoms with E-state index in [4.69, 9.17) is 10.00 Å². The molecule has 1 aliphatic carbocycles. The van der Waals surface area contributed by atoms with Crippen LogP contribution in [0.4, 0.5) is 18.0 Å². The minimum atomic E-state index is -4.80. The fourth-order valence-corrected chi connectivity index (χ4v) is 5.19. The molecule has 2 atom stereocenters. The van der Waals surface area contributed by atoms with Crippen LogP contribution in [0, 0.1) is 29.1 Å². The van der Waals surface area contributed by atoms with Gasteiger partial charge in [0.25, 0.3) is 0 Å². The van der Waals surface area contributed by atoms with E-state index in [1.165, 1.54) is 29.4 Å². The standard InChI is InChI=1S/C27H26F3N5O3/c1-33-16-25(32-17-33)37-26(36)35(12-20-3-2-4-21(9-20)38-27(28,29)30)15-24-22-13-34(14-23(22)24)11-19-7-5-18(10-31)6-8-19/h2-9,16-17,22-24H,11-15H2,1H3. The molecule has 1 saturated heterocycles. The molecule has 11 heteroatoms. The lowest BCUT2D eigenvalue weighted by Gasteiger charge is -2.25. The summed E-state index contributed by atoms with van der Waals surface area (Å²) in [6.07, 6.45) is -2.32. The van der Waals surface area contributed by atoms with E-state index in [2.05, 4.69) is 20.7 Å². The van der Waals surface area contributed by atoms with Gasteiger partial charge in [0.1, 0.15) is 5.75 Å². The normalized spacial score (nSPS) is 20.4. The van der Waals surface area contributed by atoms with Crippen molar-refractivity contribution in [2.45, 2.75) is 19.5 Å². The second-order valence-electron chi connectivity index (χ2n) is 9.82. The Balaban J connectivity index is 1.23. The van der Waals surface area contributed by atoms with Gasteiger partial charge in [-0.25, -0.2) is 9.78 Å². The highest BCUT2D eigenvalue weighted by Crippen LogP contribution is 2.52. The number of aromatic nitrogens is 2. The van der Waals surface area contributed by atoms with Crippen molar-refractivity contribution in [1.29, 1.82) is 5.26 Å². The Kier molecular flexibility index (Phi) is 6.99. The summed E-state index contributed by atoms with van der Waals surface area (Å²) in [6, 6.07) is 15.3. The molecular formula is C27H26F3N5O3. The first-order valence-corrected chi connectivity index (χ1v) is 12.2. The summed E-state index contributed by atoms with van der Waals surface area (Å²) in [7, 11) is 1.75. The third-order valence-corrected chi connectivity index (χ3v) is 7.00. The van der Waals surface area contributed by atoms with Gasteiger partial charge in [0.2, 0.25) is 5.88 Å². The maximum absolute atomic E-state index is 13.1. The molecule has 3 aromatic rings. The van der Waals surface area contributed by atoms with Crippen molar-refractivity contribution in [3.05, 3.63) is 77.7 Å². The number of amides is 1. The van der Waals surface area contributed by atoms with Crippen molar-refractivity contribution in [2.75, 3.05) is 19.6 Å². The number of fused-ring (bicyclic) bond motifs is 1. The van der Waals surface area contributed by atoms with Gasteiger partial charge in [0.05, 0.1) is 24.2 Å². The molecule has 2 aromatic carbocycles. The molecule has 38 heavy (non-hydrogen) atoms. The van der Waals surface area contributed by atoms with Crippen LogP contribution in [0.5, 0.6) is 11.6 Å². The minimum absolute atomic E-state index is 0.0750. The largest absolute Gasteiger partial charge is 0.573 e. The fourth-order valence-electron chi connectivity index (χ4n) is 5.19. The lowest BCUT2D eigenvalue weighted by atomic mass is 10.1. The Hall–Kier alpha value is -4.04. The van der Waals surface area contributed by atoms with Crippen molar-refractivity contribution in [1.82, 2.24) is 19.4 Å². The molecule has 1 aromatic heterocycles. The fraction of sp³-hybridized carbons (Fsp3) is 0.370. The van der Waals surface area contributed by atoms with Crippen molar-refractivity contribution in [2.24, 2.45) is 24.8 Å². The lowest BCUT2D eigenvalue weighted by Crippen LogP contribution is -2.36. The Labute approximate surface area is 217 Å². The zero-order valence-corrected chi connectivity index (χ0v) is 20.6. The molecular weight excluding hydrogens is 499 g/mol. The van der Waals surface area contributed by atoms with E-state index in [9.17, 15) is 18.0 Å². The summed E-state index contributed by atoms with van der Waals surface area (Å²) < 4.78 is 49.2. The smallest absolute Gasteiger partial charge is 0.406 e. The molecule has 2 heterocycles. The van der Waals surface area contributed by atoms with Gasteiger partial charge in [-0.2, -0.15) is 5.26 Å². The summed E-state index contributed by atoms with van der Waals surface area (Å²) in [6.45, 7) is 3.09. The van der Waals surface area contributed by atoms with Crippen LogP contribution in [0.2, 0.25) is 0 Å². The van der Waals surface area contributed by atoms with E-state index in [0.29, 0.717) is 29.5 Å². The number of rotatable bonds is 8. The number of hydrogen-bond donors (Lipinski definition) is 0. The van der Waals surface area contributed by atoms with E-state index in [0.717, 1.165) is 25.2 Å². The minimum Gasteiger partial charge on any atom is -0.406 e. The first-order chi connectivity index (χ1) is 18.2. The predicted octanol–water partition coefficient (Wildman–Crippen LogP) is 4.57. The van der Waals surface area contributed by atoms with Gasteiger partial charge in [-0.1, -0.05) is 24.3 Å². The number of carbonyl (C=O) groups excluding carboxylic acids is 1. The number of likely N-dealkylation sites (tertiary alicyclic amines) is 1. The second kappa shape index (κ2) is 10.4. The van der Waals surface area contributed by atoms with Crippen molar-refractivity contribution in [3.8, 4) is 17.7 Å². The maximum Gasteiger partial charge on any atom is 0.573 e. The van der Waals surface area contributed by atoms with Gasteiger partial charge in [-0.15, -0.1) is 13.2 Å². The molecule has 2 fully saturated rings. The van der Waals surface area contributed by atoms with Crippen LogP contribution in [-0.2, 0) is 20.1 Å². The SMILES string of the molecule is Cn1cnc(OC(=O)N(Cc2cccc(OC(F)(F)F)c2)CC2C3CN(Cc4ccc(C#N)cc4)CC32)c1. The predicted molar refractivity (Wildman–Crippen MR) is 130 cm³/mol. The van der Waals surface area contributed by atoms with Gasteiger partial charge in [0, 0.05) is 39.8 Å². The Morgan fingerprint density at radius 2 is 1.89 bits per heavy atom. The molecule has 0 spiro atoms. The molecule has 0 radical (unpaired) electrons. The quantitative estimate of drug-likeness (QED) is 0.429. The van der Waals surface area contributed by atoms with Gasteiger partial charge < -0.3 is 18.9 Å². The maximum atomic E-state index is 13.1. The molecule has 1 saturated carbocycles. The van der Waals surface area contributed by atoms with E-state index in [1.54, 1.807) is 23.9 Å². The van der Waals surface area contributed by atoms with Crippen LogP contribution >= 0.6 is 0 Å². The Bertz CT molecular complexity index is 1320. The van der Waals surface area contributed by atoms with Crippen LogP contribution in [0.3, 0.4) is 0 Å². The number of imidazole rings is 1. The summed E-state index contributed by atoms with van der Waals surface area (Å²) in [5.41, 5.74) is 2.27. The number of halogens is 3. The number of piperidine rings is 1. The third kappa shape index (κ3) is 6.26. The molecule has 0 bridgehead atoms. The highest BCUT2D eigenvalue weighted by atomic mass is 19.4. The lowest BCUT2D eigenvalue weighted by molar-refractivity contribution is -0.274. The van der Waals surface area contributed by atoms with Gasteiger partial charge in [-0.05, 0) is 53.1 Å². The molecule has 5 rings (SSSR count). The number of hydrogen-bond acceptors (Lipinski definition) is 6. The monoisotopic (exact) mass is 525 g/mol. The number of carbonyl (C=O) groups is 1. The second-order valence-corrected chi connectivity index (χ2v) is 9.82. The number of ether oxygens (including phenoxy) is 2. The van der Waals surface area contributed by atoms with Gasteiger partial charge in [0.15, 0.2) is 0 Å². The Morgan fingerprint density at radius 3 is 2.53 bits per heavy atom. The molecule has 2 aliphatic rings. The van der Waals surface area contributed by atoms with Crippen molar-refractivity contribution >= 4 is 6.09 Å². The summed E-state index contributed by atoms with van der Waals surface area (Å²) in [5.74, 6) is 0.950. The van der Waals surface area contributed by atoms with Crippen LogP contribution in [0.1, 0.15) is 16.7 Å². The van der Waals surface area contributed by atoms with Gasteiger partial charge in [-0.3, -0.25) is 4.90 Å². The average molecular weight is 526 g/mol. The van der Waals surface area contributed by atoms with Crippen molar-refractivity contribution in [3.63, 3.8) is 0 Å². The summed E-state index contributed by atoms with van der Waals surface area (Å²) in [4.78, 5) is 21.0. The summed E-state index contributed by atoms with van der Waals surface area (Å²) >= 11 is 0. The zero-order valence-electron chi connectivity index (χ0n) is 20.6. The van der Waals surface area contributed by atoms with Crippen LogP contribution in [0.15, 0.2) is 61.1 Å². The number of nitriles is 1.